The van der Waals surface area contributed by atoms with Gasteiger partial charge in [-0.25, -0.2) is 9.78 Å². The molecule has 2 heterocycles. The van der Waals surface area contributed by atoms with E-state index < -0.39 is 0 Å². The van der Waals surface area contributed by atoms with E-state index in [2.05, 4.69) is 15.6 Å². The lowest BCUT2D eigenvalue weighted by molar-refractivity contribution is 0.262. The first-order valence-corrected chi connectivity index (χ1v) is 10.9. The number of halogens is 1. The van der Waals surface area contributed by atoms with E-state index in [9.17, 15) is 9.59 Å². The number of thioether (sulfide) groups is 1. The highest BCUT2D eigenvalue weighted by molar-refractivity contribution is 7.98. The zero-order chi connectivity index (χ0) is 21.8. The fourth-order valence-electron chi connectivity index (χ4n) is 3.00. The number of rotatable bonds is 5. The molecule has 31 heavy (non-hydrogen) atoms. The van der Waals surface area contributed by atoms with Crippen molar-refractivity contribution >= 4 is 46.4 Å². The molecule has 2 N–H and O–H groups in total. The van der Waals surface area contributed by atoms with Gasteiger partial charge in [0.15, 0.2) is 0 Å². The van der Waals surface area contributed by atoms with Gasteiger partial charge in [-0.2, -0.15) is 0 Å². The summed E-state index contributed by atoms with van der Waals surface area (Å²) < 4.78 is 1.54. The van der Waals surface area contributed by atoms with Crippen LogP contribution in [0.1, 0.15) is 11.3 Å². The average Bonchev–Trinajstić information content (AvgIpc) is 2.75. The Morgan fingerprint density at radius 3 is 2.65 bits per heavy atom. The number of para-hydroxylation sites is 1. The van der Waals surface area contributed by atoms with Gasteiger partial charge in [0, 0.05) is 33.6 Å². The predicted molar refractivity (Wildman–Crippen MR) is 126 cm³/mol. The molecule has 0 unspecified atom stereocenters. The van der Waals surface area contributed by atoms with Crippen molar-refractivity contribution < 1.29 is 4.79 Å². The van der Waals surface area contributed by atoms with Crippen LogP contribution in [0.2, 0.25) is 5.02 Å². The molecule has 0 aliphatic rings. The Balaban J connectivity index is 1.47. The van der Waals surface area contributed by atoms with Gasteiger partial charge in [-0.05, 0) is 55.0 Å². The van der Waals surface area contributed by atoms with Crippen LogP contribution in [0.3, 0.4) is 0 Å². The summed E-state index contributed by atoms with van der Waals surface area (Å²) in [7, 11) is 0. The highest BCUT2D eigenvalue weighted by Crippen LogP contribution is 2.29. The molecular weight excluding hydrogens is 432 g/mol. The third-order valence-electron chi connectivity index (χ3n) is 4.47. The average molecular weight is 451 g/mol. The smallest absolute Gasteiger partial charge is 0.308 e. The minimum absolute atomic E-state index is 0.113. The number of aryl methyl sites for hydroxylation is 1. The van der Waals surface area contributed by atoms with Gasteiger partial charge in [-0.15, -0.1) is 11.8 Å². The molecule has 2 amide bonds. The number of hydrogen-bond donors (Lipinski definition) is 2. The molecule has 0 saturated carbocycles. The summed E-state index contributed by atoms with van der Waals surface area (Å²) in [6.07, 6.45) is 1.78. The maximum Gasteiger partial charge on any atom is 0.323 e. The molecule has 0 fully saturated rings. The SMILES string of the molecule is Cc1ccc2nc(CSc3ccccc3NC(=O)Nc3ccc(Cl)cc3)cc(=O)n2c1. The van der Waals surface area contributed by atoms with Crippen molar-refractivity contribution in [1.29, 1.82) is 0 Å². The molecule has 0 atom stereocenters. The number of aromatic nitrogens is 2. The Bertz CT molecular complexity index is 1310. The molecule has 2 aromatic carbocycles. The summed E-state index contributed by atoms with van der Waals surface area (Å²) >= 11 is 7.38. The van der Waals surface area contributed by atoms with Crippen molar-refractivity contribution in [2.45, 2.75) is 17.6 Å². The molecule has 156 valence electrons. The van der Waals surface area contributed by atoms with Crippen molar-refractivity contribution in [1.82, 2.24) is 9.38 Å². The number of carbonyl (C=O) groups excluding carboxylic acids is 1. The first kappa shape index (κ1) is 21.0. The van der Waals surface area contributed by atoms with Gasteiger partial charge < -0.3 is 10.6 Å². The van der Waals surface area contributed by atoms with Crippen LogP contribution >= 0.6 is 23.4 Å². The van der Waals surface area contributed by atoms with E-state index in [0.29, 0.717) is 33.5 Å². The van der Waals surface area contributed by atoms with E-state index in [4.69, 9.17) is 11.6 Å². The predicted octanol–water partition coefficient (Wildman–Crippen LogP) is 5.59. The summed E-state index contributed by atoms with van der Waals surface area (Å²) in [6.45, 7) is 1.93. The molecule has 0 spiro atoms. The van der Waals surface area contributed by atoms with Gasteiger partial charge in [-0.1, -0.05) is 29.8 Å². The molecule has 4 aromatic rings. The van der Waals surface area contributed by atoms with Crippen LogP contribution in [0, 0.1) is 6.92 Å². The second-order valence-corrected chi connectivity index (χ2v) is 8.34. The number of fused-ring (bicyclic) bond motifs is 1. The van der Waals surface area contributed by atoms with Crippen molar-refractivity contribution in [3.8, 4) is 0 Å². The molecule has 0 saturated heterocycles. The number of carbonyl (C=O) groups is 1. The van der Waals surface area contributed by atoms with E-state index in [1.165, 1.54) is 11.8 Å². The summed E-state index contributed by atoms with van der Waals surface area (Å²) in [5.41, 5.74) is 3.49. The first-order valence-electron chi connectivity index (χ1n) is 9.52. The van der Waals surface area contributed by atoms with Crippen molar-refractivity contribution in [3.05, 3.63) is 99.6 Å². The van der Waals surface area contributed by atoms with E-state index >= 15 is 0 Å². The third-order valence-corrected chi connectivity index (χ3v) is 5.83. The van der Waals surface area contributed by atoms with E-state index in [1.807, 2.05) is 43.3 Å². The quantitative estimate of drug-likeness (QED) is 0.388. The van der Waals surface area contributed by atoms with Crippen LogP contribution < -0.4 is 16.2 Å². The largest absolute Gasteiger partial charge is 0.323 e. The van der Waals surface area contributed by atoms with Crippen LogP contribution in [-0.2, 0) is 5.75 Å². The second-order valence-electron chi connectivity index (χ2n) is 6.89. The Kier molecular flexibility index (Phi) is 6.25. The van der Waals surface area contributed by atoms with Gasteiger partial charge in [0.1, 0.15) is 5.65 Å². The molecule has 0 aliphatic heterocycles. The minimum Gasteiger partial charge on any atom is -0.308 e. The van der Waals surface area contributed by atoms with Crippen LogP contribution in [0.4, 0.5) is 16.2 Å². The molecule has 0 radical (unpaired) electrons. The number of nitrogens with zero attached hydrogens (tertiary/aromatic N) is 2. The molecule has 8 heteroatoms. The highest BCUT2D eigenvalue weighted by atomic mass is 35.5. The van der Waals surface area contributed by atoms with Crippen LogP contribution in [0.5, 0.6) is 0 Å². The monoisotopic (exact) mass is 450 g/mol. The number of anilines is 2. The summed E-state index contributed by atoms with van der Waals surface area (Å²) in [5, 5.41) is 6.25. The number of urea groups is 1. The maximum absolute atomic E-state index is 12.4. The van der Waals surface area contributed by atoms with E-state index in [0.717, 1.165) is 10.5 Å². The van der Waals surface area contributed by atoms with E-state index in [-0.39, 0.29) is 11.6 Å². The Labute approximate surface area is 188 Å². The molecular formula is C23H19ClN4O2S. The lowest BCUT2D eigenvalue weighted by Crippen LogP contribution is -2.19. The van der Waals surface area contributed by atoms with Crippen LogP contribution in [-0.4, -0.2) is 15.4 Å². The normalized spacial score (nSPS) is 10.8. The minimum atomic E-state index is -0.354. The Morgan fingerprint density at radius 1 is 1.06 bits per heavy atom. The number of pyridine rings is 1. The van der Waals surface area contributed by atoms with Crippen LogP contribution in [0.25, 0.3) is 5.65 Å². The number of benzene rings is 2. The lowest BCUT2D eigenvalue weighted by atomic mass is 10.3. The Hall–Kier alpha value is -3.29. The van der Waals surface area contributed by atoms with Crippen LogP contribution in [0.15, 0.2) is 82.6 Å². The van der Waals surface area contributed by atoms with Gasteiger partial charge in [0.25, 0.3) is 5.56 Å². The maximum atomic E-state index is 12.4. The molecule has 6 nitrogen and oxygen atoms in total. The number of nitrogens with one attached hydrogen (secondary N) is 2. The second kappa shape index (κ2) is 9.24. The molecule has 0 bridgehead atoms. The summed E-state index contributed by atoms with van der Waals surface area (Å²) in [4.78, 5) is 30.3. The van der Waals surface area contributed by atoms with Crippen molar-refractivity contribution in [3.63, 3.8) is 0 Å². The molecule has 0 aliphatic carbocycles. The number of amides is 2. The summed E-state index contributed by atoms with van der Waals surface area (Å²) in [6, 6.07) is 19.3. The van der Waals surface area contributed by atoms with Crippen molar-refractivity contribution in [2.24, 2.45) is 0 Å². The zero-order valence-electron chi connectivity index (χ0n) is 16.6. The zero-order valence-corrected chi connectivity index (χ0v) is 18.2. The fraction of sp³-hybridized carbons (Fsp3) is 0.0870. The van der Waals surface area contributed by atoms with Crippen molar-refractivity contribution in [2.75, 3.05) is 10.6 Å². The fourth-order valence-corrected chi connectivity index (χ4v) is 4.02. The third kappa shape index (κ3) is 5.25. The van der Waals surface area contributed by atoms with Gasteiger partial charge in [-0.3, -0.25) is 9.20 Å². The Morgan fingerprint density at radius 2 is 1.84 bits per heavy atom. The van der Waals surface area contributed by atoms with E-state index in [1.54, 1.807) is 40.9 Å². The molecule has 4 rings (SSSR count). The highest BCUT2D eigenvalue weighted by Gasteiger charge is 2.09. The standard InChI is InChI=1S/C23H19ClN4O2S/c1-15-6-11-21-25-18(12-22(29)28(21)13-15)14-31-20-5-3-2-4-19(20)27-23(30)26-17-9-7-16(24)8-10-17/h2-13H,14H2,1H3,(H2,26,27,30). The van der Waals surface area contributed by atoms with Gasteiger partial charge in [0.2, 0.25) is 0 Å². The lowest BCUT2D eigenvalue weighted by Gasteiger charge is -2.12. The first-order chi connectivity index (χ1) is 15.0. The molecule has 2 aromatic heterocycles. The summed E-state index contributed by atoms with van der Waals surface area (Å²) in [5.74, 6) is 0.497. The van der Waals surface area contributed by atoms with Gasteiger partial charge >= 0.3 is 6.03 Å². The number of hydrogen-bond acceptors (Lipinski definition) is 4. The topological polar surface area (TPSA) is 75.5 Å². The van der Waals surface area contributed by atoms with Gasteiger partial charge in [0.05, 0.1) is 11.4 Å².